The Morgan fingerprint density at radius 3 is 2.42 bits per heavy atom. The molecule has 3 saturated heterocycles. The molecule has 4 aliphatic heterocycles. The van der Waals surface area contributed by atoms with Crippen LogP contribution in [0.4, 0.5) is 10.5 Å². The van der Waals surface area contributed by atoms with Gasteiger partial charge in [-0.3, -0.25) is 43.4 Å². The summed E-state index contributed by atoms with van der Waals surface area (Å²) in [4.78, 5) is 131. The molecule has 5 N–H and O–H groups in total. The number of nitrogens with zero attached hydrogens (tertiary/aromatic N) is 4. The molecule has 11 atom stereocenters. The monoisotopic (exact) mass is 1300 g/mol. The van der Waals surface area contributed by atoms with Gasteiger partial charge in [0.15, 0.2) is 5.78 Å². The number of rotatable bonds is 24. The van der Waals surface area contributed by atoms with Crippen LogP contribution in [-0.2, 0) is 65.4 Å². The Kier molecular flexibility index (Phi) is 24.2. The summed E-state index contributed by atoms with van der Waals surface area (Å²) in [5, 5.41) is 18.2. The van der Waals surface area contributed by atoms with Crippen molar-refractivity contribution in [2.24, 2.45) is 29.4 Å². The number of fused-ring (bicyclic) bond motifs is 6. The average molecular weight is 1300 g/mol. The number of amides is 7. The number of ether oxygens (including phenoxy) is 5. The number of aromatic nitrogens is 1. The molecule has 5 heterocycles. The van der Waals surface area contributed by atoms with Gasteiger partial charge in [-0.25, -0.2) is 9.59 Å². The summed E-state index contributed by atoms with van der Waals surface area (Å²) in [6, 6.07) is 7.05. The minimum Gasteiger partial charge on any atom is -0.495 e. The van der Waals surface area contributed by atoms with Gasteiger partial charge in [0.2, 0.25) is 23.6 Å². The third kappa shape index (κ3) is 17.3. The predicted molar refractivity (Wildman–Crippen MR) is 345 cm³/mol. The summed E-state index contributed by atoms with van der Waals surface area (Å²) in [6.45, 7) is 12.9. The summed E-state index contributed by atoms with van der Waals surface area (Å²) in [5.41, 5.74) is 5.13. The van der Waals surface area contributed by atoms with Crippen LogP contribution in [0, 0.1) is 23.7 Å². The summed E-state index contributed by atoms with van der Waals surface area (Å²) < 4.78 is 30.0. The Morgan fingerprint density at radius 1 is 1.01 bits per heavy atom. The number of anilines is 1. The first-order valence-electron chi connectivity index (χ1n) is 31.2. The molecule has 1 aromatic heterocycles. The molecule has 0 aliphatic carbocycles. The molecule has 0 spiro atoms. The minimum atomic E-state index is -1.67. The van der Waals surface area contributed by atoms with Crippen LogP contribution < -0.4 is 26.0 Å². The largest absolute Gasteiger partial charge is 0.495 e. The lowest BCUT2D eigenvalue weighted by atomic mass is 9.78. The number of carbonyl (C=O) groups excluding carboxylic acids is 9. The predicted octanol–water partition coefficient (Wildman–Crippen LogP) is 7.66. The van der Waals surface area contributed by atoms with E-state index in [1.165, 1.54) is 55.2 Å². The molecule has 2 aromatic carbocycles. The Hall–Kier alpha value is -7.18. The number of pyridine rings is 1. The molecule has 7 amide bonds. The number of primary amides is 1. The number of nitrogens with one attached hydrogen (secondary N) is 2. The van der Waals surface area contributed by atoms with E-state index in [9.17, 15) is 48.3 Å². The molecule has 0 radical (unpaired) electrons. The van der Waals surface area contributed by atoms with Gasteiger partial charge >= 0.3 is 18.0 Å². The van der Waals surface area contributed by atoms with E-state index in [4.69, 9.17) is 53.2 Å². The quantitative estimate of drug-likeness (QED) is 0.0220. The zero-order chi connectivity index (χ0) is 66.8. The number of methoxy groups -OCH3 is 2. The van der Waals surface area contributed by atoms with Crippen LogP contribution >= 0.6 is 23.8 Å². The SMILES string of the molecule is COc1cc2cc(c1Cl)N(C)C(=O)C[C@H](OC(=O)[C@H](C)N(C)C(=O)c1ccc(CC(=O)[C@H](CCCNC(N)=O)NC(=O)[C@@H](CC(=S)CCCCCN3C(=O)CC(C)C3=O)C(C)C)c3cccnc13)[C@]1(C)O[C@H]1[C@H](C)[C@@H]1C[C@@](O)(CC(=O)O1)[C@H](OC)/C=C/C=C(\C)C2. The zero-order valence-electron chi connectivity index (χ0n) is 54.0. The van der Waals surface area contributed by atoms with E-state index in [0.29, 0.717) is 72.3 Å². The highest BCUT2D eigenvalue weighted by Crippen LogP contribution is 2.50. The number of ketones is 1. The van der Waals surface area contributed by atoms with E-state index in [-0.39, 0.29) is 90.1 Å². The molecule has 0 saturated carbocycles. The van der Waals surface area contributed by atoms with Gasteiger partial charge < -0.3 is 55.0 Å². The van der Waals surface area contributed by atoms with E-state index in [0.717, 1.165) is 17.6 Å². The number of esters is 2. The molecule has 3 fully saturated rings. The Balaban J connectivity index is 1.08. The van der Waals surface area contributed by atoms with Crippen molar-refractivity contribution in [2.45, 2.75) is 180 Å². The second-order valence-electron chi connectivity index (χ2n) is 25.3. The first-order valence-corrected chi connectivity index (χ1v) is 32.0. The maximum absolute atomic E-state index is 14.7. The molecule has 4 aliphatic rings. The van der Waals surface area contributed by atoms with Gasteiger partial charge in [0.05, 0.1) is 48.9 Å². The third-order valence-corrected chi connectivity index (χ3v) is 19.0. The van der Waals surface area contributed by atoms with Crippen LogP contribution in [0.1, 0.15) is 141 Å². The first kappa shape index (κ1) is 71.3. The maximum Gasteiger partial charge on any atom is 0.328 e. The van der Waals surface area contributed by atoms with Gasteiger partial charge in [0, 0.05) is 82.9 Å². The molecular formula is C67H88ClN7O15S. The number of unbranched alkanes of at least 4 members (excludes halogenated alkanes) is 2. The van der Waals surface area contributed by atoms with Crippen LogP contribution in [0.2, 0.25) is 5.02 Å². The Labute approximate surface area is 542 Å². The highest BCUT2D eigenvalue weighted by atomic mass is 35.5. The van der Waals surface area contributed by atoms with Crippen molar-refractivity contribution >= 4 is 98.6 Å². The molecule has 24 heteroatoms. The number of imide groups is 1. The molecule has 22 nitrogen and oxygen atoms in total. The van der Waals surface area contributed by atoms with Crippen LogP contribution in [0.15, 0.2) is 66.4 Å². The number of thiocarbonyl (C=S) groups is 1. The first-order chi connectivity index (χ1) is 43.0. The van der Waals surface area contributed by atoms with E-state index < -0.39 is 95.7 Å². The molecule has 91 heavy (non-hydrogen) atoms. The van der Waals surface area contributed by atoms with E-state index in [1.54, 1.807) is 70.3 Å². The number of hydrogen-bond acceptors (Lipinski definition) is 17. The van der Waals surface area contributed by atoms with Crippen LogP contribution in [0.3, 0.4) is 0 Å². The van der Waals surface area contributed by atoms with Crippen molar-refractivity contribution in [2.75, 3.05) is 46.3 Å². The molecule has 494 valence electrons. The van der Waals surface area contributed by atoms with Crippen LogP contribution in [-0.4, -0.2) is 167 Å². The molecule has 4 bridgehead atoms. The number of nitrogens with two attached hydrogens (primary N) is 1. The minimum absolute atomic E-state index is 0.0192. The Bertz CT molecular complexity index is 3340. The summed E-state index contributed by atoms with van der Waals surface area (Å²) >= 11 is 12.7. The van der Waals surface area contributed by atoms with Gasteiger partial charge in [0.25, 0.3) is 5.91 Å². The average Bonchev–Trinajstić information content (AvgIpc) is 1.58. The second kappa shape index (κ2) is 31.0. The highest BCUT2D eigenvalue weighted by Gasteiger charge is 2.64. The number of benzene rings is 2. The van der Waals surface area contributed by atoms with Crippen molar-refractivity contribution in [1.29, 1.82) is 0 Å². The van der Waals surface area contributed by atoms with Gasteiger partial charge in [-0.05, 0) is 112 Å². The number of carbonyl (C=O) groups is 9. The van der Waals surface area contributed by atoms with Gasteiger partial charge in [-0.2, -0.15) is 0 Å². The molecule has 3 aromatic rings. The number of halogens is 1. The van der Waals surface area contributed by atoms with E-state index >= 15 is 0 Å². The number of likely N-dealkylation sites (N-methyl/N-ethyl adjacent to an activating group) is 1. The highest BCUT2D eigenvalue weighted by molar-refractivity contribution is 7.80. The van der Waals surface area contributed by atoms with Gasteiger partial charge in [-0.15, -0.1) is 0 Å². The van der Waals surface area contributed by atoms with Crippen molar-refractivity contribution < 1.29 is 71.9 Å². The Morgan fingerprint density at radius 2 is 1.75 bits per heavy atom. The second-order valence-corrected chi connectivity index (χ2v) is 26.3. The zero-order valence-corrected chi connectivity index (χ0v) is 55.5. The normalized spacial score (nSPS) is 25.5. The summed E-state index contributed by atoms with van der Waals surface area (Å²) in [5.74, 6) is -4.97. The number of allylic oxidation sites excluding steroid dienone is 3. The maximum atomic E-state index is 14.7. The van der Waals surface area contributed by atoms with E-state index in [1.807, 2.05) is 26.8 Å². The topological polar surface area (TPSA) is 296 Å². The fourth-order valence-electron chi connectivity index (χ4n) is 12.4. The smallest absolute Gasteiger partial charge is 0.328 e. The lowest BCUT2D eigenvalue weighted by Gasteiger charge is -2.41. The number of epoxide rings is 1. The third-order valence-electron chi connectivity index (χ3n) is 18.2. The van der Waals surface area contributed by atoms with Gasteiger partial charge in [0.1, 0.15) is 46.3 Å². The van der Waals surface area contributed by atoms with Gasteiger partial charge in [-0.1, -0.05) is 93.9 Å². The lowest BCUT2D eigenvalue weighted by molar-refractivity contribution is -0.187. The molecule has 7 rings (SSSR count). The summed E-state index contributed by atoms with van der Waals surface area (Å²) in [7, 11) is 5.88. The van der Waals surface area contributed by atoms with E-state index in [2.05, 4.69) is 15.6 Å². The number of likely N-dealkylation sites (tertiary alicyclic amines) is 1. The molecule has 1 unspecified atom stereocenters. The standard InChI is InChI=1S/C67H88ClN7O15S/c1-37(2)47(33-44(91)19-13-12-14-27-75-56(78)29-39(4)62(75)81)61(80)72-48(21-17-26-71-65(69)84)50(76)32-43-23-24-46(59-45(43)20-16-25-70-59)63(82)73(8)41(6)64(83)89-54-34-55(77)74(9)49-30-42(31-51(86-10)58(49)68)28-38(3)18-15-22-53(87-11)67(85)35-52(88-57(79)36-67)40(5)60-66(54,7)90-60/h15-16,18,20,22-25,30-31,37,39-41,47-48,52-54,60,85H,12-14,17,19,21,26-29,32-36H2,1-11H3,(H,72,80)(H3,69,71,84)/b22-15+,38-18+/t39?,40-,41+,47+,48+,52+,53-,54+,60+,66+,67-/m1/s1. The number of aliphatic hydroxyl groups is 1. The fraction of sp³-hybridized carbons (Fsp3) is 0.567. The van der Waals surface area contributed by atoms with Crippen LogP contribution in [0.5, 0.6) is 5.75 Å². The number of urea groups is 1. The summed E-state index contributed by atoms with van der Waals surface area (Å²) in [6.07, 6.45) is 6.04. The van der Waals surface area contributed by atoms with Crippen molar-refractivity contribution in [3.63, 3.8) is 0 Å². The number of Topliss-reactive ketones (excluding diaryl/α,β-unsaturated/α-hetero) is 1. The van der Waals surface area contributed by atoms with Crippen molar-refractivity contribution in [3.05, 3.63) is 88.1 Å². The van der Waals surface area contributed by atoms with Crippen LogP contribution in [0.25, 0.3) is 10.9 Å². The van der Waals surface area contributed by atoms with Crippen molar-refractivity contribution in [3.8, 4) is 5.75 Å². The lowest BCUT2D eigenvalue weighted by Crippen LogP contribution is -2.53. The fourth-order valence-corrected chi connectivity index (χ4v) is 13.1. The number of hydrogen-bond donors (Lipinski definition) is 4. The molecular weight excluding hydrogens is 1210 g/mol. The van der Waals surface area contributed by atoms with Crippen molar-refractivity contribution in [1.82, 2.24) is 25.4 Å².